The molecule has 2 aliphatic heterocycles. The molecule has 1 unspecified atom stereocenters. The number of aromatic nitrogens is 1. The maximum atomic E-state index is 4.86. The maximum Gasteiger partial charge on any atom is 0.154 e. The van der Waals surface area contributed by atoms with Crippen molar-refractivity contribution in [1.29, 1.82) is 0 Å². The highest BCUT2D eigenvalue weighted by atomic mass is 127. The van der Waals surface area contributed by atoms with Gasteiger partial charge in [0.25, 0.3) is 0 Å². The van der Waals surface area contributed by atoms with Crippen LogP contribution in [0.4, 0.5) is 11.5 Å². The Morgan fingerprint density at radius 1 is 1.38 bits per heavy atom. The molecule has 0 aliphatic carbocycles. The van der Waals surface area contributed by atoms with Crippen LogP contribution in [-0.4, -0.2) is 48.6 Å². The number of rotatable bonds is 1. The third-order valence-corrected chi connectivity index (χ3v) is 5.79. The predicted octanol–water partition coefficient (Wildman–Crippen LogP) is 2.86. The van der Waals surface area contributed by atoms with Gasteiger partial charge >= 0.3 is 0 Å². The van der Waals surface area contributed by atoms with Crippen molar-refractivity contribution in [3.05, 3.63) is 27.6 Å². The Balaban J connectivity index is 2.02. The van der Waals surface area contributed by atoms with Gasteiger partial charge in [-0.2, -0.15) is 0 Å². The summed E-state index contributed by atoms with van der Waals surface area (Å²) in [4.78, 5) is 12.1. The van der Waals surface area contributed by atoms with E-state index in [1.165, 1.54) is 16.9 Å². The van der Waals surface area contributed by atoms with E-state index >= 15 is 0 Å². The van der Waals surface area contributed by atoms with Gasteiger partial charge in [-0.05, 0) is 55.0 Å². The molecule has 3 rings (SSSR count). The molecule has 21 heavy (non-hydrogen) atoms. The Labute approximate surface area is 141 Å². The van der Waals surface area contributed by atoms with Crippen LogP contribution in [0.2, 0.25) is 0 Å². The first-order valence-corrected chi connectivity index (χ1v) is 8.58. The number of likely N-dealkylation sites (N-methyl/N-ethyl adjacent to an activating group) is 1. The minimum absolute atomic E-state index is 0.338. The molecule has 0 N–H and O–H groups in total. The lowest BCUT2D eigenvalue weighted by Crippen LogP contribution is -2.59. The zero-order chi connectivity index (χ0) is 15.3. The van der Waals surface area contributed by atoms with Gasteiger partial charge in [0.05, 0.1) is 11.7 Å². The number of nitrogens with zero attached hydrogens (tertiary/aromatic N) is 4. The molecular weight excluding hydrogens is 375 g/mol. The van der Waals surface area contributed by atoms with Crippen molar-refractivity contribution in [3.8, 4) is 0 Å². The minimum atomic E-state index is 0.338. The van der Waals surface area contributed by atoms with Crippen LogP contribution in [0.5, 0.6) is 0 Å². The second-order valence-electron chi connectivity index (χ2n) is 6.29. The summed E-state index contributed by atoms with van der Waals surface area (Å²) < 4.78 is 1.09. The molecule has 0 radical (unpaired) electrons. The van der Waals surface area contributed by atoms with Crippen LogP contribution in [0.1, 0.15) is 19.4 Å². The van der Waals surface area contributed by atoms with Crippen LogP contribution in [0, 0.1) is 10.6 Å². The van der Waals surface area contributed by atoms with E-state index in [9.17, 15) is 0 Å². The van der Waals surface area contributed by atoms with E-state index in [0.717, 1.165) is 29.2 Å². The Morgan fingerprint density at radius 3 is 2.76 bits per heavy atom. The Hall–Kier alpha value is -0.820. The molecule has 5 heteroatoms. The number of hydrogen-bond donors (Lipinski definition) is 0. The first kappa shape index (κ1) is 15.1. The smallest absolute Gasteiger partial charge is 0.154 e. The molecule has 114 valence electrons. The van der Waals surface area contributed by atoms with Crippen LogP contribution in [0.15, 0.2) is 18.3 Å². The largest absolute Gasteiger partial charge is 0.344 e. The molecule has 1 saturated heterocycles. The third kappa shape index (κ3) is 2.44. The molecule has 1 aromatic heterocycles. The molecule has 0 saturated carbocycles. The van der Waals surface area contributed by atoms with Gasteiger partial charge in [0.2, 0.25) is 0 Å². The van der Waals surface area contributed by atoms with Crippen molar-refractivity contribution in [3.63, 3.8) is 0 Å². The van der Waals surface area contributed by atoms with Crippen molar-refractivity contribution in [2.75, 3.05) is 36.5 Å². The number of aryl methyl sites for hydroxylation is 1. The summed E-state index contributed by atoms with van der Waals surface area (Å²) in [5.74, 6) is 1.12. The molecule has 0 spiro atoms. The minimum Gasteiger partial charge on any atom is -0.344 e. The number of anilines is 2. The van der Waals surface area contributed by atoms with Crippen LogP contribution in [0.3, 0.4) is 0 Å². The predicted molar refractivity (Wildman–Crippen MR) is 97.1 cm³/mol. The van der Waals surface area contributed by atoms with E-state index in [1.54, 1.807) is 0 Å². The molecule has 0 amide bonds. The van der Waals surface area contributed by atoms with E-state index in [4.69, 9.17) is 4.98 Å². The Bertz CT molecular complexity index is 584. The van der Waals surface area contributed by atoms with Gasteiger partial charge in [0.15, 0.2) is 5.82 Å². The lowest BCUT2D eigenvalue weighted by Gasteiger charge is -2.50. The van der Waals surface area contributed by atoms with Gasteiger partial charge in [-0.25, -0.2) is 4.98 Å². The molecule has 3 heterocycles. The molecule has 1 fully saturated rings. The average molecular weight is 398 g/mol. The van der Waals surface area contributed by atoms with Crippen LogP contribution >= 0.6 is 22.6 Å². The van der Waals surface area contributed by atoms with Gasteiger partial charge in [0, 0.05) is 38.4 Å². The first-order chi connectivity index (χ1) is 9.90. The van der Waals surface area contributed by atoms with Gasteiger partial charge in [-0.3, -0.25) is 4.90 Å². The van der Waals surface area contributed by atoms with E-state index in [0.29, 0.717) is 12.1 Å². The average Bonchev–Trinajstić information content (AvgIpc) is 2.46. The fourth-order valence-corrected chi connectivity index (χ4v) is 3.60. The number of halogens is 1. The van der Waals surface area contributed by atoms with E-state index < -0.39 is 0 Å². The monoisotopic (exact) mass is 398 g/mol. The number of piperazine rings is 1. The van der Waals surface area contributed by atoms with Gasteiger partial charge in [0.1, 0.15) is 3.70 Å². The normalized spacial score (nSPS) is 22.6. The SMILES string of the molecule is C=C1C2CN(C(C)C)CCN2c2nc(I)c(C)cc2N1C. The van der Waals surface area contributed by atoms with Crippen molar-refractivity contribution in [1.82, 2.24) is 9.88 Å². The maximum absolute atomic E-state index is 4.86. The molecule has 1 aromatic rings. The van der Waals surface area contributed by atoms with Crippen molar-refractivity contribution < 1.29 is 0 Å². The summed E-state index contributed by atoms with van der Waals surface area (Å²) in [6.07, 6.45) is 0. The molecule has 1 atom stereocenters. The molecule has 0 bridgehead atoms. The number of fused-ring (bicyclic) bond motifs is 3. The fourth-order valence-electron chi connectivity index (χ4n) is 3.22. The van der Waals surface area contributed by atoms with E-state index in [-0.39, 0.29) is 0 Å². The first-order valence-electron chi connectivity index (χ1n) is 7.50. The summed E-state index contributed by atoms with van der Waals surface area (Å²) in [5.41, 5.74) is 3.59. The fraction of sp³-hybridized carbons (Fsp3) is 0.562. The molecule has 2 aliphatic rings. The Kier molecular flexibility index (Phi) is 3.90. The highest BCUT2D eigenvalue weighted by Gasteiger charge is 2.38. The van der Waals surface area contributed by atoms with E-state index in [1.807, 2.05) is 0 Å². The quantitative estimate of drug-likeness (QED) is 0.536. The van der Waals surface area contributed by atoms with Gasteiger partial charge < -0.3 is 9.80 Å². The van der Waals surface area contributed by atoms with Crippen molar-refractivity contribution in [2.24, 2.45) is 0 Å². The second kappa shape index (κ2) is 5.43. The topological polar surface area (TPSA) is 22.6 Å². The number of hydrogen-bond acceptors (Lipinski definition) is 4. The molecule has 0 aromatic carbocycles. The van der Waals surface area contributed by atoms with Crippen molar-refractivity contribution >= 4 is 34.1 Å². The highest BCUT2D eigenvalue weighted by Crippen LogP contribution is 2.40. The zero-order valence-electron chi connectivity index (χ0n) is 13.2. The Morgan fingerprint density at radius 2 is 2.10 bits per heavy atom. The van der Waals surface area contributed by atoms with Gasteiger partial charge in [-0.15, -0.1) is 0 Å². The highest BCUT2D eigenvalue weighted by molar-refractivity contribution is 14.1. The van der Waals surface area contributed by atoms with Gasteiger partial charge in [-0.1, -0.05) is 6.58 Å². The van der Waals surface area contributed by atoms with E-state index in [2.05, 4.69) is 77.8 Å². The second-order valence-corrected chi connectivity index (χ2v) is 7.31. The third-order valence-electron chi connectivity index (χ3n) is 4.70. The summed E-state index contributed by atoms with van der Waals surface area (Å²) in [7, 11) is 2.11. The summed E-state index contributed by atoms with van der Waals surface area (Å²) in [5, 5.41) is 0. The zero-order valence-corrected chi connectivity index (χ0v) is 15.4. The summed E-state index contributed by atoms with van der Waals surface area (Å²) >= 11 is 2.33. The molecular formula is C16H23IN4. The summed E-state index contributed by atoms with van der Waals surface area (Å²) in [6.45, 7) is 14.2. The lowest BCUT2D eigenvalue weighted by atomic mass is 10.0. The standard InChI is InChI=1S/C16H23IN4/c1-10(2)20-6-7-21-14(9-20)12(4)19(5)13-8-11(3)15(17)18-16(13)21/h8,10,14H,4,6-7,9H2,1-3,5H3. The van der Waals surface area contributed by atoms with Crippen LogP contribution in [-0.2, 0) is 0 Å². The summed E-state index contributed by atoms with van der Waals surface area (Å²) in [6, 6.07) is 3.16. The van der Waals surface area contributed by atoms with Crippen molar-refractivity contribution in [2.45, 2.75) is 32.9 Å². The van der Waals surface area contributed by atoms with Crippen LogP contribution in [0.25, 0.3) is 0 Å². The van der Waals surface area contributed by atoms with Crippen LogP contribution < -0.4 is 9.80 Å². The lowest BCUT2D eigenvalue weighted by molar-refractivity contribution is 0.187. The number of pyridine rings is 1. The molecule has 4 nitrogen and oxygen atoms in total.